The number of hydrogen-bond acceptors (Lipinski definition) is 3. The Bertz CT molecular complexity index is 698. The lowest BCUT2D eigenvalue weighted by Crippen LogP contribution is -2.05. The summed E-state index contributed by atoms with van der Waals surface area (Å²) < 4.78 is 1.54. The van der Waals surface area contributed by atoms with Gasteiger partial charge < -0.3 is 0 Å². The van der Waals surface area contributed by atoms with Crippen LogP contribution >= 0.6 is 0 Å². The average Bonchev–Trinajstić information content (AvgIpc) is 2.75. The van der Waals surface area contributed by atoms with Gasteiger partial charge in [-0.15, -0.1) is 0 Å². The molecule has 1 aromatic carbocycles. The fourth-order valence-corrected chi connectivity index (χ4v) is 1.59. The maximum atomic E-state index is 10.9. The number of aromatic nitrogens is 4. The Balaban J connectivity index is 2.22. The van der Waals surface area contributed by atoms with E-state index in [1.54, 1.807) is 10.9 Å². The molecule has 0 amide bonds. The number of fused-ring (bicyclic) bond motifs is 1. The summed E-state index contributed by atoms with van der Waals surface area (Å²) >= 11 is 0. The molecule has 5 heteroatoms. The third-order valence-corrected chi connectivity index (χ3v) is 2.36. The van der Waals surface area contributed by atoms with E-state index in [0.717, 1.165) is 16.6 Å². The van der Waals surface area contributed by atoms with Gasteiger partial charge in [0.25, 0.3) is 0 Å². The first kappa shape index (κ1) is 8.84. The Morgan fingerprint density at radius 2 is 2.06 bits per heavy atom. The van der Waals surface area contributed by atoms with E-state index < -0.39 is 0 Å². The Hall–Kier alpha value is -2.43. The maximum absolute atomic E-state index is 10.9. The first-order valence-electron chi connectivity index (χ1n) is 4.82. The minimum Gasteiger partial charge on any atom is -0.254 e. The van der Waals surface area contributed by atoms with Crippen molar-refractivity contribution in [3.63, 3.8) is 0 Å². The van der Waals surface area contributed by atoms with E-state index in [2.05, 4.69) is 15.1 Å². The molecule has 0 bridgehead atoms. The van der Waals surface area contributed by atoms with Crippen LogP contribution in [-0.2, 0) is 0 Å². The molecule has 3 aromatic rings. The van der Waals surface area contributed by atoms with Gasteiger partial charge in [-0.25, -0.2) is 14.6 Å². The third-order valence-electron chi connectivity index (χ3n) is 2.36. The van der Waals surface area contributed by atoms with Crippen LogP contribution in [0.4, 0.5) is 0 Å². The van der Waals surface area contributed by atoms with Crippen LogP contribution in [0.15, 0.2) is 47.7 Å². The van der Waals surface area contributed by atoms with Gasteiger partial charge in [-0.05, 0) is 12.1 Å². The summed E-state index contributed by atoms with van der Waals surface area (Å²) in [6, 6.07) is 9.75. The first-order valence-corrected chi connectivity index (χ1v) is 4.82. The number of hydrogen-bond donors (Lipinski definition) is 1. The predicted octanol–water partition coefficient (Wildman–Crippen LogP) is 1.11. The van der Waals surface area contributed by atoms with Crippen molar-refractivity contribution >= 4 is 10.9 Å². The van der Waals surface area contributed by atoms with Crippen molar-refractivity contribution in [2.24, 2.45) is 0 Å². The molecule has 0 spiro atoms. The van der Waals surface area contributed by atoms with Gasteiger partial charge >= 0.3 is 5.69 Å². The Kier molecular flexibility index (Phi) is 1.83. The van der Waals surface area contributed by atoms with Crippen LogP contribution in [0.3, 0.4) is 0 Å². The van der Waals surface area contributed by atoms with E-state index in [1.807, 2.05) is 30.3 Å². The molecule has 0 radical (unpaired) electrons. The zero-order chi connectivity index (χ0) is 11.0. The van der Waals surface area contributed by atoms with Gasteiger partial charge in [-0.2, -0.15) is 4.98 Å². The van der Waals surface area contributed by atoms with E-state index in [9.17, 15) is 4.79 Å². The van der Waals surface area contributed by atoms with Gasteiger partial charge in [0, 0.05) is 5.39 Å². The third kappa shape index (κ3) is 1.38. The molecule has 0 fully saturated rings. The van der Waals surface area contributed by atoms with E-state index in [1.165, 1.54) is 6.33 Å². The zero-order valence-electron chi connectivity index (χ0n) is 8.29. The lowest BCUT2D eigenvalue weighted by Gasteiger charge is -2.02. The average molecular weight is 212 g/mol. The molecule has 0 aliphatic rings. The number of aromatic amines is 1. The Morgan fingerprint density at radius 1 is 1.19 bits per heavy atom. The number of H-pyrrole nitrogens is 1. The zero-order valence-corrected chi connectivity index (χ0v) is 8.29. The van der Waals surface area contributed by atoms with Gasteiger partial charge in [-0.1, -0.05) is 18.2 Å². The molecular weight excluding hydrogens is 204 g/mol. The summed E-state index contributed by atoms with van der Waals surface area (Å²) in [5.74, 6) is 0. The molecule has 0 saturated carbocycles. The number of pyridine rings is 1. The molecule has 78 valence electrons. The monoisotopic (exact) mass is 212 g/mol. The molecule has 0 atom stereocenters. The summed E-state index contributed by atoms with van der Waals surface area (Å²) in [6.45, 7) is 0. The van der Waals surface area contributed by atoms with Gasteiger partial charge in [-0.3, -0.25) is 4.98 Å². The van der Waals surface area contributed by atoms with Crippen LogP contribution in [0, 0.1) is 0 Å². The quantitative estimate of drug-likeness (QED) is 0.657. The molecule has 2 aromatic heterocycles. The normalized spacial score (nSPS) is 10.8. The number of benzene rings is 1. The van der Waals surface area contributed by atoms with Crippen LogP contribution in [0.1, 0.15) is 0 Å². The minimum absolute atomic E-state index is 0.367. The summed E-state index contributed by atoms with van der Waals surface area (Å²) in [4.78, 5) is 18.8. The van der Waals surface area contributed by atoms with Crippen molar-refractivity contribution in [2.45, 2.75) is 0 Å². The molecule has 0 aliphatic carbocycles. The van der Waals surface area contributed by atoms with Gasteiger partial charge in [0.1, 0.15) is 6.33 Å². The molecule has 5 nitrogen and oxygen atoms in total. The summed E-state index contributed by atoms with van der Waals surface area (Å²) in [7, 11) is 0. The van der Waals surface area contributed by atoms with Crippen LogP contribution in [0.2, 0.25) is 0 Å². The van der Waals surface area contributed by atoms with Crippen molar-refractivity contribution in [3.05, 3.63) is 53.3 Å². The number of nitrogens with one attached hydrogen (secondary N) is 1. The summed E-state index contributed by atoms with van der Waals surface area (Å²) in [5.41, 5.74) is 1.34. The lowest BCUT2D eigenvalue weighted by molar-refractivity contribution is 0.861. The van der Waals surface area contributed by atoms with Crippen LogP contribution in [-0.4, -0.2) is 19.7 Å². The summed E-state index contributed by atoms with van der Waals surface area (Å²) in [5, 5.41) is 3.59. The second-order valence-corrected chi connectivity index (χ2v) is 3.42. The maximum Gasteiger partial charge on any atom is 0.361 e. The van der Waals surface area contributed by atoms with Gasteiger partial charge in [0.2, 0.25) is 0 Å². The minimum atomic E-state index is -0.367. The largest absolute Gasteiger partial charge is 0.361 e. The standard InChI is InChI=1S/C11H8N4O/c16-11-13-7-15(14-11)9-5-8-3-1-2-4-10(8)12-6-9/h1-7H,(H,14,16). The molecule has 0 saturated heterocycles. The van der Waals surface area contributed by atoms with Crippen LogP contribution in [0.25, 0.3) is 16.6 Å². The molecule has 16 heavy (non-hydrogen) atoms. The second kappa shape index (κ2) is 3.30. The fourth-order valence-electron chi connectivity index (χ4n) is 1.59. The second-order valence-electron chi connectivity index (χ2n) is 3.42. The first-order chi connectivity index (χ1) is 7.83. The Labute approximate surface area is 90.4 Å². The molecule has 0 aliphatic heterocycles. The Morgan fingerprint density at radius 3 is 2.88 bits per heavy atom. The highest BCUT2D eigenvalue weighted by atomic mass is 16.1. The highest BCUT2D eigenvalue weighted by Crippen LogP contribution is 2.14. The number of nitrogens with zero attached hydrogens (tertiary/aromatic N) is 3. The highest BCUT2D eigenvalue weighted by Gasteiger charge is 2.00. The smallest absolute Gasteiger partial charge is 0.254 e. The van der Waals surface area contributed by atoms with Crippen molar-refractivity contribution in [3.8, 4) is 5.69 Å². The van der Waals surface area contributed by atoms with E-state index in [-0.39, 0.29) is 5.69 Å². The molecule has 2 heterocycles. The topological polar surface area (TPSA) is 63.6 Å². The fraction of sp³-hybridized carbons (Fsp3) is 0. The number of rotatable bonds is 1. The van der Waals surface area contributed by atoms with Crippen LogP contribution in [0.5, 0.6) is 0 Å². The van der Waals surface area contributed by atoms with Crippen molar-refractivity contribution < 1.29 is 0 Å². The van der Waals surface area contributed by atoms with Crippen molar-refractivity contribution in [1.29, 1.82) is 0 Å². The SMILES string of the molecule is O=c1ncn(-c2cnc3ccccc3c2)[nH]1. The molecular formula is C11H8N4O. The number of para-hydroxylation sites is 1. The van der Waals surface area contributed by atoms with Crippen molar-refractivity contribution in [2.75, 3.05) is 0 Å². The van der Waals surface area contributed by atoms with Gasteiger partial charge in [0.05, 0.1) is 17.4 Å². The summed E-state index contributed by atoms with van der Waals surface area (Å²) in [6.07, 6.45) is 3.13. The highest BCUT2D eigenvalue weighted by molar-refractivity contribution is 5.79. The van der Waals surface area contributed by atoms with E-state index in [0.29, 0.717) is 0 Å². The van der Waals surface area contributed by atoms with Crippen LogP contribution < -0.4 is 5.69 Å². The predicted molar refractivity (Wildman–Crippen MR) is 59.5 cm³/mol. The molecule has 1 N–H and O–H groups in total. The van der Waals surface area contributed by atoms with Crippen molar-refractivity contribution in [1.82, 2.24) is 19.7 Å². The lowest BCUT2D eigenvalue weighted by atomic mass is 10.2. The van der Waals surface area contributed by atoms with Gasteiger partial charge in [0.15, 0.2) is 0 Å². The molecule has 3 rings (SSSR count). The molecule has 0 unspecified atom stereocenters. The van der Waals surface area contributed by atoms with E-state index in [4.69, 9.17) is 0 Å². The van der Waals surface area contributed by atoms with E-state index >= 15 is 0 Å².